The van der Waals surface area contributed by atoms with Crippen LogP contribution in [0.15, 0.2) is 17.0 Å². The van der Waals surface area contributed by atoms with Crippen LogP contribution < -0.4 is 4.72 Å². The Morgan fingerprint density at radius 3 is 2.42 bits per heavy atom. The third-order valence-corrected chi connectivity index (χ3v) is 3.73. The van der Waals surface area contributed by atoms with Crippen LogP contribution in [0.1, 0.15) is 13.3 Å². The number of benzene rings is 1. The Labute approximate surface area is 107 Å². The highest BCUT2D eigenvalue weighted by Gasteiger charge is 2.25. The van der Waals surface area contributed by atoms with Crippen molar-refractivity contribution in [3.05, 3.63) is 29.6 Å². The van der Waals surface area contributed by atoms with Crippen LogP contribution in [0.2, 0.25) is 0 Å². The van der Waals surface area contributed by atoms with E-state index in [1.54, 1.807) is 0 Å². The number of carbonyl (C=O) groups is 1. The van der Waals surface area contributed by atoms with E-state index in [4.69, 9.17) is 5.11 Å². The molecule has 1 unspecified atom stereocenters. The van der Waals surface area contributed by atoms with Crippen LogP contribution in [0, 0.1) is 17.5 Å². The number of carboxylic acids is 1. The van der Waals surface area contributed by atoms with Gasteiger partial charge in [-0.3, -0.25) is 4.79 Å². The second kappa shape index (κ2) is 5.57. The minimum absolute atomic E-state index is 0.467. The summed E-state index contributed by atoms with van der Waals surface area (Å²) in [6.07, 6.45) is -0.537. The maximum absolute atomic E-state index is 13.3. The van der Waals surface area contributed by atoms with E-state index in [2.05, 4.69) is 0 Å². The van der Waals surface area contributed by atoms with Gasteiger partial charge in [0.25, 0.3) is 0 Å². The molecule has 0 radical (unpaired) electrons. The second-order valence-electron chi connectivity index (χ2n) is 3.79. The first-order valence-electron chi connectivity index (χ1n) is 5.02. The van der Waals surface area contributed by atoms with Crippen molar-refractivity contribution in [2.75, 3.05) is 0 Å². The molecule has 0 saturated heterocycles. The molecule has 0 saturated carbocycles. The summed E-state index contributed by atoms with van der Waals surface area (Å²) in [6.45, 7) is 1.24. The van der Waals surface area contributed by atoms with Crippen LogP contribution in [-0.4, -0.2) is 25.5 Å². The van der Waals surface area contributed by atoms with Gasteiger partial charge in [0, 0.05) is 6.04 Å². The van der Waals surface area contributed by atoms with E-state index in [9.17, 15) is 26.4 Å². The molecule has 0 spiro atoms. The van der Waals surface area contributed by atoms with Crippen LogP contribution >= 0.6 is 0 Å². The first-order valence-corrected chi connectivity index (χ1v) is 6.51. The zero-order chi connectivity index (χ0) is 14.8. The van der Waals surface area contributed by atoms with E-state index in [0.717, 1.165) is 0 Å². The average Bonchev–Trinajstić information content (AvgIpc) is 2.23. The molecule has 1 rings (SSSR count). The maximum Gasteiger partial charge on any atom is 0.304 e. The number of hydrogen-bond acceptors (Lipinski definition) is 3. The minimum atomic E-state index is -4.47. The minimum Gasteiger partial charge on any atom is -0.481 e. The molecule has 5 nitrogen and oxygen atoms in total. The van der Waals surface area contributed by atoms with E-state index in [1.807, 2.05) is 4.72 Å². The summed E-state index contributed by atoms with van der Waals surface area (Å²) >= 11 is 0. The summed E-state index contributed by atoms with van der Waals surface area (Å²) < 4.78 is 64.1. The van der Waals surface area contributed by atoms with Gasteiger partial charge in [-0.2, -0.15) is 0 Å². The van der Waals surface area contributed by atoms with Gasteiger partial charge in [-0.05, 0) is 19.1 Å². The zero-order valence-corrected chi connectivity index (χ0v) is 10.5. The van der Waals surface area contributed by atoms with Crippen LogP contribution in [0.25, 0.3) is 0 Å². The van der Waals surface area contributed by atoms with Gasteiger partial charge in [0.05, 0.1) is 6.42 Å². The summed E-state index contributed by atoms with van der Waals surface area (Å²) in [4.78, 5) is 9.30. The van der Waals surface area contributed by atoms with Crippen molar-refractivity contribution in [2.24, 2.45) is 0 Å². The average molecular weight is 297 g/mol. The van der Waals surface area contributed by atoms with Crippen molar-refractivity contribution in [1.82, 2.24) is 4.72 Å². The van der Waals surface area contributed by atoms with Gasteiger partial charge in [-0.15, -0.1) is 0 Å². The summed E-state index contributed by atoms with van der Waals surface area (Å²) in [5.41, 5.74) is 0. The van der Waals surface area contributed by atoms with Crippen molar-refractivity contribution in [3.63, 3.8) is 0 Å². The molecule has 0 aliphatic carbocycles. The van der Waals surface area contributed by atoms with E-state index >= 15 is 0 Å². The fourth-order valence-electron chi connectivity index (χ4n) is 1.35. The molecule has 106 valence electrons. The monoisotopic (exact) mass is 297 g/mol. The van der Waals surface area contributed by atoms with Gasteiger partial charge < -0.3 is 5.11 Å². The third kappa shape index (κ3) is 3.67. The van der Waals surface area contributed by atoms with E-state index < -0.39 is 50.8 Å². The molecule has 2 N–H and O–H groups in total. The van der Waals surface area contributed by atoms with E-state index in [1.165, 1.54) is 6.92 Å². The highest BCUT2D eigenvalue weighted by molar-refractivity contribution is 7.89. The van der Waals surface area contributed by atoms with E-state index in [0.29, 0.717) is 12.1 Å². The van der Waals surface area contributed by atoms with Crippen LogP contribution in [0.3, 0.4) is 0 Å². The standard InChI is InChI=1S/C10H10F3NO4S/c1-5(4-8(15)16)14-19(17,18)7-3-2-6(11)9(12)10(7)13/h2-3,5,14H,4H2,1H3,(H,15,16). The molecule has 0 fully saturated rings. The molecule has 1 aromatic rings. The topological polar surface area (TPSA) is 83.5 Å². The first kappa shape index (κ1) is 15.4. The molecule has 0 amide bonds. The van der Waals surface area contributed by atoms with Crippen molar-refractivity contribution >= 4 is 16.0 Å². The number of halogens is 3. The van der Waals surface area contributed by atoms with Crippen LogP contribution in [0.4, 0.5) is 13.2 Å². The summed E-state index contributed by atoms with van der Waals surface area (Å²) in [6, 6.07) is -0.00620. The first-order chi connectivity index (χ1) is 8.65. The van der Waals surface area contributed by atoms with Gasteiger partial charge in [-0.1, -0.05) is 0 Å². The fraction of sp³-hybridized carbons (Fsp3) is 0.300. The van der Waals surface area contributed by atoms with Crippen molar-refractivity contribution in [2.45, 2.75) is 24.3 Å². The highest BCUT2D eigenvalue weighted by Crippen LogP contribution is 2.19. The second-order valence-corrected chi connectivity index (χ2v) is 5.48. The predicted octanol–water partition coefficient (Wildman–Crippen LogP) is 1.25. The van der Waals surface area contributed by atoms with Crippen LogP contribution in [0.5, 0.6) is 0 Å². The smallest absolute Gasteiger partial charge is 0.304 e. The van der Waals surface area contributed by atoms with Crippen molar-refractivity contribution < 1.29 is 31.5 Å². The number of sulfonamides is 1. The lowest BCUT2D eigenvalue weighted by Crippen LogP contribution is -2.34. The normalized spacial score (nSPS) is 13.3. The largest absolute Gasteiger partial charge is 0.481 e. The molecule has 1 aromatic carbocycles. The van der Waals surface area contributed by atoms with Gasteiger partial charge >= 0.3 is 5.97 Å². The van der Waals surface area contributed by atoms with Gasteiger partial charge in [0.1, 0.15) is 4.90 Å². The Morgan fingerprint density at radius 1 is 1.32 bits per heavy atom. The maximum atomic E-state index is 13.3. The lowest BCUT2D eigenvalue weighted by Gasteiger charge is -2.12. The van der Waals surface area contributed by atoms with Gasteiger partial charge in [-0.25, -0.2) is 26.3 Å². The fourth-order valence-corrected chi connectivity index (χ4v) is 2.66. The molecule has 0 aliphatic heterocycles. The molecule has 0 aliphatic rings. The predicted molar refractivity (Wildman–Crippen MR) is 58.4 cm³/mol. The zero-order valence-electron chi connectivity index (χ0n) is 9.65. The Kier molecular flexibility index (Phi) is 4.53. The Morgan fingerprint density at radius 2 is 1.89 bits per heavy atom. The van der Waals surface area contributed by atoms with Crippen molar-refractivity contribution in [3.8, 4) is 0 Å². The number of nitrogens with one attached hydrogen (secondary N) is 1. The number of rotatable bonds is 5. The summed E-state index contributed by atoms with van der Waals surface area (Å²) in [5.74, 6) is -6.54. The third-order valence-electron chi connectivity index (χ3n) is 2.13. The molecule has 0 bridgehead atoms. The lowest BCUT2D eigenvalue weighted by atomic mass is 10.3. The Balaban J connectivity index is 3.08. The molecule has 0 heterocycles. The highest BCUT2D eigenvalue weighted by atomic mass is 32.2. The Hall–Kier alpha value is -1.61. The molecule has 9 heteroatoms. The van der Waals surface area contributed by atoms with Crippen molar-refractivity contribution in [1.29, 1.82) is 0 Å². The summed E-state index contributed by atoms with van der Waals surface area (Å²) in [7, 11) is -4.47. The van der Waals surface area contributed by atoms with E-state index in [-0.39, 0.29) is 0 Å². The molecular weight excluding hydrogens is 287 g/mol. The quantitative estimate of drug-likeness (QED) is 0.801. The number of hydrogen-bond donors (Lipinski definition) is 2. The van der Waals surface area contributed by atoms with Gasteiger partial charge in [0.15, 0.2) is 17.5 Å². The summed E-state index contributed by atoms with van der Waals surface area (Å²) in [5, 5.41) is 8.47. The SMILES string of the molecule is CC(CC(=O)O)NS(=O)(=O)c1ccc(F)c(F)c1F. The molecular formula is C10H10F3NO4S. The number of aliphatic carboxylic acids is 1. The van der Waals surface area contributed by atoms with Gasteiger partial charge in [0.2, 0.25) is 10.0 Å². The van der Waals surface area contributed by atoms with Crippen LogP contribution in [-0.2, 0) is 14.8 Å². The number of carboxylic acid groups (broad SMARTS) is 1. The molecule has 0 aromatic heterocycles. The molecule has 19 heavy (non-hydrogen) atoms. The lowest BCUT2D eigenvalue weighted by molar-refractivity contribution is -0.137. The molecule has 1 atom stereocenters. The Bertz CT molecular complexity index is 603.